The van der Waals surface area contributed by atoms with E-state index in [0.29, 0.717) is 17.5 Å². The maximum atomic E-state index is 4.92. The Hall–Kier alpha value is -7.63. The minimum absolute atomic E-state index is 0.645. The van der Waals surface area contributed by atoms with Gasteiger partial charge in [0.15, 0.2) is 17.5 Å². The second-order valence-electron chi connectivity index (χ2n) is 14.1. The molecule has 0 unspecified atom stereocenters. The number of para-hydroxylation sites is 2. The molecule has 5 heteroatoms. The van der Waals surface area contributed by atoms with Crippen LogP contribution >= 0.6 is 0 Å². The van der Waals surface area contributed by atoms with E-state index in [2.05, 4.69) is 149 Å². The lowest BCUT2D eigenvalue weighted by molar-refractivity contribution is 1.07. The lowest BCUT2D eigenvalue weighted by atomic mass is 10.0. The van der Waals surface area contributed by atoms with Crippen LogP contribution in [-0.2, 0) is 0 Å². The molecule has 0 saturated carbocycles. The molecule has 3 heterocycles. The van der Waals surface area contributed by atoms with E-state index < -0.39 is 0 Å². The largest absolute Gasteiger partial charge is 0.317 e. The molecular formula is C51H33N5. The van der Waals surface area contributed by atoms with Crippen molar-refractivity contribution in [3.8, 4) is 56.7 Å². The fourth-order valence-electron chi connectivity index (χ4n) is 8.05. The minimum Gasteiger partial charge on any atom is -0.317 e. The molecule has 0 amide bonds. The zero-order valence-electron chi connectivity index (χ0n) is 30.3. The first-order chi connectivity index (χ1) is 27.7. The Labute approximate surface area is 323 Å². The van der Waals surface area contributed by atoms with Crippen LogP contribution in [0.4, 0.5) is 0 Å². The first-order valence-corrected chi connectivity index (χ1v) is 18.9. The first kappa shape index (κ1) is 31.9. The quantitative estimate of drug-likeness (QED) is 0.172. The number of nitrogens with zero attached hydrogens (tertiary/aromatic N) is 5. The van der Waals surface area contributed by atoms with Crippen LogP contribution in [0.2, 0.25) is 0 Å². The van der Waals surface area contributed by atoms with Crippen LogP contribution < -0.4 is 0 Å². The van der Waals surface area contributed by atoms with Gasteiger partial charge in [-0.05, 0) is 65.0 Å². The highest BCUT2D eigenvalue weighted by molar-refractivity contribution is 6.20. The van der Waals surface area contributed by atoms with Gasteiger partial charge in [-0.1, -0.05) is 146 Å². The lowest BCUT2D eigenvalue weighted by Crippen LogP contribution is -2.00. The van der Waals surface area contributed by atoms with Gasteiger partial charge in [0, 0.05) is 55.8 Å². The number of hydrogen-bond acceptors (Lipinski definition) is 3. The van der Waals surface area contributed by atoms with Crippen molar-refractivity contribution in [3.63, 3.8) is 0 Å². The highest BCUT2D eigenvalue weighted by atomic mass is 15.0. The molecule has 0 N–H and O–H groups in total. The molecule has 0 spiro atoms. The van der Waals surface area contributed by atoms with Crippen LogP contribution in [0.15, 0.2) is 200 Å². The van der Waals surface area contributed by atoms with E-state index in [1.54, 1.807) is 0 Å². The third kappa shape index (κ3) is 5.37. The van der Waals surface area contributed by atoms with Crippen LogP contribution in [0.3, 0.4) is 0 Å². The molecule has 0 bridgehead atoms. The summed E-state index contributed by atoms with van der Waals surface area (Å²) >= 11 is 0. The van der Waals surface area contributed by atoms with Gasteiger partial charge in [-0.15, -0.1) is 0 Å². The van der Waals surface area contributed by atoms with Crippen molar-refractivity contribution in [2.75, 3.05) is 0 Å². The van der Waals surface area contributed by atoms with Crippen molar-refractivity contribution in [2.45, 2.75) is 0 Å². The second-order valence-corrected chi connectivity index (χ2v) is 14.1. The first-order valence-electron chi connectivity index (χ1n) is 18.9. The molecule has 0 aliphatic heterocycles. The Morgan fingerprint density at radius 2 is 0.857 bits per heavy atom. The molecule has 0 atom stereocenters. The summed E-state index contributed by atoms with van der Waals surface area (Å²) in [6.07, 6.45) is 2.17. The topological polar surface area (TPSA) is 48.5 Å². The summed E-state index contributed by atoms with van der Waals surface area (Å²) in [6.45, 7) is 0. The lowest BCUT2D eigenvalue weighted by Gasteiger charge is -2.12. The summed E-state index contributed by atoms with van der Waals surface area (Å²) in [5.41, 5.74) is 11.0. The van der Waals surface area contributed by atoms with E-state index >= 15 is 0 Å². The molecule has 0 radical (unpaired) electrons. The van der Waals surface area contributed by atoms with E-state index in [-0.39, 0.29) is 0 Å². The zero-order valence-corrected chi connectivity index (χ0v) is 30.3. The highest BCUT2D eigenvalue weighted by Gasteiger charge is 2.17. The summed E-state index contributed by atoms with van der Waals surface area (Å²) in [5, 5.41) is 6.16. The van der Waals surface area contributed by atoms with Gasteiger partial charge in [0.2, 0.25) is 0 Å². The Balaban J connectivity index is 0.991. The average molecular weight is 716 g/mol. The predicted octanol–water partition coefficient (Wildman–Crippen LogP) is 12.7. The van der Waals surface area contributed by atoms with Gasteiger partial charge >= 0.3 is 0 Å². The minimum atomic E-state index is 0.645. The summed E-state index contributed by atoms with van der Waals surface area (Å²) in [7, 11) is 0. The fraction of sp³-hybridized carbons (Fsp3) is 0. The molecular weight excluding hydrogens is 683 g/mol. The van der Waals surface area contributed by atoms with E-state index in [9.17, 15) is 0 Å². The van der Waals surface area contributed by atoms with Gasteiger partial charge in [0.05, 0.1) is 16.6 Å². The summed E-state index contributed by atoms with van der Waals surface area (Å²) in [4.78, 5) is 14.7. The number of hydrogen-bond donors (Lipinski definition) is 0. The van der Waals surface area contributed by atoms with Crippen LogP contribution in [0, 0.1) is 0 Å². The number of aromatic nitrogens is 5. The van der Waals surface area contributed by atoms with Crippen molar-refractivity contribution in [2.24, 2.45) is 0 Å². The van der Waals surface area contributed by atoms with Crippen molar-refractivity contribution < 1.29 is 0 Å². The van der Waals surface area contributed by atoms with Gasteiger partial charge in [0.1, 0.15) is 0 Å². The molecule has 8 aromatic carbocycles. The van der Waals surface area contributed by atoms with Crippen molar-refractivity contribution in [1.82, 2.24) is 24.1 Å². The van der Waals surface area contributed by atoms with Gasteiger partial charge in [-0.3, -0.25) is 0 Å². The van der Waals surface area contributed by atoms with Crippen LogP contribution in [0.25, 0.3) is 100 Å². The smallest absolute Gasteiger partial charge is 0.164 e. The molecule has 11 rings (SSSR count). The summed E-state index contributed by atoms with van der Waals surface area (Å²) in [5.74, 6) is 1.95. The molecule has 0 aliphatic rings. The molecule has 0 saturated heterocycles. The van der Waals surface area contributed by atoms with Gasteiger partial charge in [-0.25, -0.2) is 15.0 Å². The molecule has 0 aliphatic carbocycles. The van der Waals surface area contributed by atoms with E-state index in [0.717, 1.165) is 39.2 Å². The second kappa shape index (κ2) is 13.0. The van der Waals surface area contributed by atoms with E-state index in [1.807, 2.05) is 60.7 Å². The molecule has 5 nitrogen and oxygen atoms in total. The third-order valence-corrected chi connectivity index (χ3v) is 10.8. The monoisotopic (exact) mass is 715 g/mol. The number of benzene rings is 8. The van der Waals surface area contributed by atoms with E-state index in [4.69, 9.17) is 15.0 Å². The van der Waals surface area contributed by atoms with Crippen LogP contribution in [0.1, 0.15) is 0 Å². The Bertz CT molecular complexity index is 3140. The van der Waals surface area contributed by atoms with Crippen molar-refractivity contribution in [3.05, 3.63) is 200 Å². The molecule has 0 fully saturated rings. The standard InChI is InChI=1S/C51H33N5/c1-4-12-36(13-5-1)49-52-50(37-14-6-2-7-15-37)54-51(53-49)38-22-20-34(21-23-38)35-24-27-42(28-25-35)56-46-19-11-10-18-43(46)44-29-26-39-32-40-30-31-55(41-16-8-3-9-17-41)47(40)33-45(39)48(44)56/h1-33H. The Kier molecular flexibility index (Phi) is 7.42. The number of fused-ring (bicyclic) bond motifs is 6. The normalized spacial score (nSPS) is 11.6. The van der Waals surface area contributed by atoms with Crippen LogP contribution in [0.5, 0.6) is 0 Å². The summed E-state index contributed by atoms with van der Waals surface area (Å²) < 4.78 is 4.71. The molecule has 3 aromatic heterocycles. The average Bonchev–Trinajstić information content (AvgIpc) is 3.85. The zero-order chi connectivity index (χ0) is 37.0. The van der Waals surface area contributed by atoms with Gasteiger partial charge < -0.3 is 9.13 Å². The van der Waals surface area contributed by atoms with Gasteiger partial charge in [0.25, 0.3) is 0 Å². The fourth-order valence-corrected chi connectivity index (χ4v) is 8.05. The Morgan fingerprint density at radius 3 is 1.50 bits per heavy atom. The van der Waals surface area contributed by atoms with Crippen molar-refractivity contribution in [1.29, 1.82) is 0 Å². The Morgan fingerprint density at radius 1 is 0.321 bits per heavy atom. The predicted molar refractivity (Wildman–Crippen MR) is 230 cm³/mol. The summed E-state index contributed by atoms with van der Waals surface area (Å²) in [6, 6.07) is 68.3. The third-order valence-electron chi connectivity index (χ3n) is 10.8. The molecule has 56 heavy (non-hydrogen) atoms. The maximum absolute atomic E-state index is 4.92. The number of rotatable bonds is 6. The highest BCUT2D eigenvalue weighted by Crippen LogP contribution is 2.39. The van der Waals surface area contributed by atoms with E-state index in [1.165, 1.54) is 43.5 Å². The maximum Gasteiger partial charge on any atom is 0.164 e. The molecule has 262 valence electrons. The SMILES string of the molecule is c1ccc(-c2nc(-c3ccccc3)nc(-c3ccc(-c4ccc(-n5c6ccccc6c6ccc7cc8ccn(-c9ccccc9)c8cc7c65)cc4)cc3)n2)cc1. The van der Waals surface area contributed by atoms with Crippen LogP contribution in [-0.4, -0.2) is 24.1 Å². The van der Waals surface area contributed by atoms with Crippen molar-refractivity contribution >= 4 is 43.5 Å². The van der Waals surface area contributed by atoms with Gasteiger partial charge in [-0.2, -0.15) is 0 Å². The molecule has 11 aromatic rings.